The van der Waals surface area contributed by atoms with E-state index in [9.17, 15) is 22.8 Å². The van der Waals surface area contributed by atoms with Crippen molar-refractivity contribution in [3.8, 4) is 11.1 Å². The van der Waals surface area contributed by atoms with Gasteiger partial charge < -0.3 is 14.8 Å². The zero-order valence-electron chi connectivity index (χ0n) is 20.4. The second-order valence-corrected chi connectivity index (χ2v) is 9.78. The van der Waals surface area contributed by atoms with E-state index in [0.717, 1.165) is 48.9 Å². The lowest BCUT2D eigenvalue weighted by atomic mass is 9.77. The van der Waals surface area contributed by atoms with E-state index in [1.165, 1.54) is 17.7 Å². The van der Waals surface area contributed by atoms with Crippen LogP contribution in [-0.4, -0.2) is 26.4 Å². The second-order valence-electron chi connectivity index (χ2n) is 9.78. The van der Waals surface area contributed by atoms with Gasteiger partial charge in [0.15, 0.2) is 0 Å². The van der Waals surface area contributed by atoms with Crippen LogP contribution in [0.15, 0.2) is 73.1 Å². The summed E-state index contributed by atoms with van der Waals surface area (Å²) in [6.07, 6.45) is 2.99. The summed E-state index contributed by atoms with van der Waals surface area (Å²) in [4.78, 5) is 27.9. The van der Waals surface area contributed by atoms with Crippen LogP contribution in [0.1, 0.15) is 59.6 Å². The summed E-state index contributed by atoms with van der Waals surface area (Å²) in [5, 5.41) is 11.5. The van der Waals surface area contributed by atoms with Crippen molar-refractivity contribution in [3.63, 3.8) is 0 Å². The molecule has 2 N–H and O–H groups in total. The zero-order valence-corrected chi connectivity index (χ0v) is 20.4. The van der Waals surface area contributed by atoms with Crippen LogP contribution in [0.3, 0.4) is 0 Å². The molecule has 0 bridgehead atoms. The number of benzene rings is 2. The molecule has 0 saturated heterocycles. The Morgan fingerprint density at radius 1 is 0.947 bits per heavy atom. The van der Waals surface area contributed by atoms with Gasteiger partial charge in [0.1, 0.15) is 11.3 Å². The monoisotopic (exact) mass is 521 g/mol. The lowest BCUT2D eigenvalue weighted by Gasteiger charge is -2.28. The third-order valence-electron chi connectivity index (χ3n) is 7.16. The number of carboxylic acid groups (broad SMARTS) is 1. The topological polar surface area (TPSA) is 83.7 Å². The predicted octanol–water partition coefficient (Wildman–Crippen LogP) is 7.02. The first kappa shape index (κ1) is 25.5. The number of imidazole rings is 1. The summed E-state index contributed by atoms with van der Waals surface area (Å²) in [6.45, 7) is 0. The molecule has 2 heterocycles. The number of nitrogens with zero attached hydrogens (tertiary/aromatic N) is 2. The van der Waals surface area contributed by atoms with Gasteiger partial charge in [0, 0.05) is 24.5 Å². The number of aliphatic carboxylic acids is 1. The number of halogens is 3. The van der Waals surface area contributed by atoms with Crippen molar-refractivity contribution in [1.29, 1.82) is 0 Å². The lowest BCUT2D eigenvalue weighted by molar-refractivity contribution is -0.139. The molecule has 0 radical (unpaired) electrons. The van der Waals surface area contributed by atoms with E-state index in [0.29, 0.717) is 11.6 Å². The van der Waals surface area contributed by atoms with Gasteiger partial charge in [-0.25, -0.2) is 4.98 Å². The number of aromatic nitrogens is 2. The van der Waals surface area contributed by atoms with Gasteiger partial charge in [-0.1, -0.05) is 30.3 Å². The Labute approximate surface area is 217 Å². The SMILES string of the molecule is O=C(O)CC1CCC(c2ccc(-c3ccc4nc(C(=O)Nc5cccc(C(F)(F)F)c5)cn4c3)cc2)CC1. The van der Waals surface area contributed by atoms with Crippen LogP contribution in [0.25, 0.3) is 16.8 Å². The van der Waals surface area contributed by atoms with Crippen LogP contribution >= 0.6 is 0 Å². The van der Waals surface area contributed by atoms with Gasteiger partial charge in [0.25, 0.3) is 5.91 Å². The van der Waals surface area contributed by atoms with Crippen molar-refractivity contribution in [1.82, 2.24) is 9.38 Å². The number of amides is 1. The van der Waals surface area contributed by atoms with Crippen LogP contribution in [0, 0.1) is 5.92 Å². The molecule has 6 nitrogen and oxygen atoms in total. The van der Waals surface area contributed by atoms with E-state index in [-0.39, 0.29) is 23.7 Å². The number of hydrogen-bond acceptors (Lipinski definition) is 3. The Kier molecular flexibility index (Phi) is 6.93. The van der Waals surface area contributed by atoms with Crippen molar-refractivity contribution in [3.05, 3.63) is 89.9 Å². The molecule has 0 unspecified atom stereocenters. The molecule has 0 aliphatic heterocycles. The molecule has 1 aliphatic rings. The van der Waals surface area contributed by atoms with Gasteiger partial charge in [-0.15, -0.1) is 0 Å². The molecule has 0 atom stereocenters. The Morgan fingerprint density at radius 3 is 2.34 bits per heavy atom. The number of alkyl halides is 3. The van der Waals surface area contributed by atoms with E-state index >= 15 is 0 Å². The van der Waals surface area contributed by atoms with E-state index in [1.807, 2.05) is 12.3 Å². The van der Waals surface area contributed by atoms with Crippen LogP contribution in [0.4, 0.5) is 18.9 Å². The van der Waals surface area contributed by atoms with Crippen molar-refractivity contribution >= 4 is 23.2 Å². The molecule has 1 aliphatic carbocycles. The van der Waals surface area contributed by atoms with Gasteiger partial charge in [-0.05, 0) is 84.5 Å². The lowest BCUT2D eigenvalue weighted by Crippen LogP contribution is -2.16. The third kappa shape index (κ3) is 5.72. The number of nitrogens with one attached hydrogen (secondary N) is 1. The number of hydrogen-bond donors (Lipinski definition) is 2. The highest BCUT2D eigenvalue weighted by molar-refractivity contribution is 6.03. The zero-order chi connectivity index (χ0) is 26.9. The summed E-state index contributed by atoms with van der Waals surface area (Å²) in [6, 6.07) is 16.5. The first-order valence-electron chi connectivity index (χ1n) is 12.5. The highest BCUT2D eigenvalue weighted by Gasteiger charge is 2.30. The van der Waals surface area contributed by atoms with Crippen molar-refractivity contribution in [2.24, 2.45) is 5.92 Å². The highest BCUT2D eigenvalue weighted by atomic mass is 19.4. The first-order valence-corrected chi connectivity index (χ1v) is 12.5. The van der Waals surface area contributed by atoms with Crippen LogP contribution in [0.2, 0.25) is 0 Å². The van der Waals surface area contributed by atoms with Crippen LogP contribution < -0.4 is 5.32 Å². The fraction of sp³-hybridized carbons (Fsp3) is 0.276. The molecule has 5 rings (SSSR count). The number of anilines is 1. The number of pyridine rings is 1. The molecule has 38 heavy (non-hydrogen) atoms. The minimum absolute atomic E-state index is 0.0398. The van der Waals surface area contributed by atoms with Gasteiger partial charge >= 0.3 is 12.1 Å². The molecule has 196 valence electrons. The number of carbonyl (C=O) groups excluding carboxylic acids is 1. The van der Waals surface area contributed by atoms with Gasteiger partial charge in [0.2, 0.25) is 0 Å². The maximum absolute atomic E-state index is 13.0. The fourth-order valence-corrected chi connectivity index (χ4v) is 5.13. The van der Waals surface area contributed by atoms with Crippen LogP contribution in [-0.2, 0) is 11.0 Å². The summed E-state index contributed by atoms with van der Waals surface area (Å²) in [7, 11) is 0. The van der Waals surface area contributed by atoms with Gasteiger partial charge in [-0.2, -0.15) is 13.2 Å². The Balaban J connectivity index is 1.27. The van der Waals surface area contributed by atoms with E-state index in [1.54, 1.807) is 16.7 Å². The summed E-state index contributed by atoms with van der Waals surface area (Å²) in [5.74, 6) is -0.627. The number of fused-ring (bicyclic) bond motifs is 1. The van der Waals surface area contributed by atoms with Gasteiger partial charge in [-0.3, -0.25) is 9.59 Å². The van der Waals surface area contributed by atoms with Crippen molar-refractivity contribution in [2.75, 3.05) is 5.32 Å². The van der Waals surface area contributed by atoms with Crippen molar-refractivity contribution < 1.29 is 27.9 Å². The Morgan fingerprint density at radius 2 is 1.66 bits per heavy atom. The third-order valence-corrected chi connectivity index (χ3v) is 7.16. The molecule has 1 amide bonds. The number of carboxylic acids is 1. The second kappa shape index (κ2) is 10.3. The number of carbonyl (C=O) groups is 2. The maximum Gasteiger partial charge on any atom is 0.416 e. The number of rotatable bonds is 6. The largest absolute Gasteiger partial charge is 0.481 e. The fourth-order valence-electron chi connectivity index (χ4n) is 5.13. The smallest absolute Gasteiger partial charge is 0.416 e. The molecule has 1 saturated carbocycles. The summed E-state index contributed by atoms with van der Waals surface area (Å²) in [5.41, 5.74) is 3.01. The van der Waals surface area contributed by atoms with Gasteiger partial charge in [0.05, 0.1) is 5.56 Å². The molecule has 2 aromatic heterocycles. The minimum atomic E-state index is -4.50. The maximum atomic E-state index is 13.0. The minimum Gasteiger partial charge on any atom is -0.481 e. The summed E-state index contributed by atoms with van der Waals surface area (Å²) < 4.78 is 40.6. The van der Waals surface area contributed by atoms with Crippen molar-refractivity contribution in [2.45, 2.75) is 44.2 Å². The average molecular weight is 522 g/mol. The standard InChI is InChI=1S/C29H26F3N3O3/c30-29(31,32)23-2-1-3-24(15-23)33-28(38)25-17-35-16-22(12-13-26(35)34-25)21-10-8-20(9-11-21)19-6-4-18(5-7-19)14-27(36)37/h1-3,8-13,15-19H,4-7,14H2,(H,33,38)(H,36,37). The molecule has 4 aromatic rings. The van der Waals surface area contributed by atoms with Crippen LogP contribution in [0.5, 0.6) is 0 Å². The highest BCUT2D eigenvalue weighted by Crippen LogP contribution is 2.37. The predicted molar refractivity (Wildman–Crippen MR) is 137 cm³/mol. The summed E-state index contributed by atoms with van der Waals surface area (Å²) >= 11 is 0. The molecule has 0 spiro atoms. The van der Waals surface area contributed by atoms with E-state index < -0.39 is 23.6 Å². The normalized spacial score (nSPS) is 17.9. The van der Waals surface area contributed by atoms with E-state index in [4.69, 9.17) is 5.11 Å². The molecular formula is C29H26F3N3O3. The molecular weight excluding hydrogens is 495 g/mol. The molecule has 1 fully saturated rings. The Bertz CT molecular complexity index is 1470. The molecule has 2 aromatic carbocycles. The Hall–Kier alpha value is -4.14. The molecule has 9 heteroatoms. The quantitative estimate of drug-likeness (QED) is 0.286. The van der Waals surface area contributed by atoms with E-state index in [2.05, 4.69) is 34.6 Å². The average Bonchev–Trinajstić information content (AvgIpc) is 3.32. The first-order chi connectivity index (χ1) is 18.2.